The van der Waals surface area contributed by atoms with Crippen molar-refractivity contribution >= 4 is 112 Å². The number of nitrogens with zero attached hydrogens (tertiary/aromatic N) is 4. The first-order valence-electron chi connectivity index (χ1n) is 26.8. The van der Waals surface area contributed by atoms with Crippen LogP contribution in [0.15, 0.2) is 255 Å². The van der Waals surface area contributed by atoms with Crippen molar-refractivity contribution in [2.75, 3.05) is 0 Å². The van der Waals surface area contributed by atoms with E-state index in [0.717, 1.165) is 114 Å². The number of benzene rings is 12. The fourth-order valence-electron chi connectivity index (χ4n) is 12.8. The predicted octanol–water partition coefficient (Wildman–Crippen LogP) is 21.4. The molecule has 0 saturated heterocycles. The summed E-state index contributed by atoms with van der Waals surface area (Å²) in [5.41, 5.74) is 15.7. The number of fused-ring (bicyclic) bond motifs is 14. The molecule has 16 rings (SSSR count). The molecular formula is C74H42N4S2. The monoisotopic (exact) mass is 1050 g/mol. The molecule has 0 spiro atoms. The fraction of sp³-hybridized carbons (Fsp3) is 0. The Kier molecular flexibility index (Phi) is 10.4. The molecule has 0 aliphatic heterocycles. The van der Waals surface area contributed by atoms with Gasteiger partial charge in [-0.15, -0.1) is 22.7 Å². The maximum absolute atomic E-state index is 12.7. The highest BCUT2D eigenvalue weighted by Gasteiger charge is 2.34. The number of hydrogen-bond donors (Lipinski definition) is 0. The molecule has 0 fully saturated rings. The summed E-state index contributed by atoms with van der Waals surface area (Å²) in [7, 11) is 0. The van der Waals surface area contributed by atoms with E-state index in [1.807, 2.05) is 23.5 Å². The van der Waals surface area contributed by atoms with Crippen LogP contribution >= 0.6 is 22.7 Å². The van der Waals surface area contributed by atoms with Gasteiger partial charge in [-0.1, -0.05) is 212 Å². The smallest absolute Gasteiger partial charge is 0.220 e. The third-order valence-electron chi connectivity index (χ3n) is 16.2. The second kappa shape index (κ2) is 18.1. The van der Waals surface area contributed by atoms with Crippen LogP contribution in [0.3, 0.4) is 0 Å². The molecule has 0 N–H and O–H groups in total. The first-order chi connectivity index (χ1) is 39.6. The van der Waals surface area contributed by atoms with Crippen molar-refractivity contribution in [1.29, 1.82) is 5.26 Å². The molecule has 4 nitrogen and oxygen atoms in total. The summed E-state index contributed by atoms with van der Waals surface area (Å²) in [6.07, 6.45) is 0. The average molecular weight is 1050 g/mol. The fourth-order valence-corrected chi connectivity index (χ4v) is 15.3. The van der Waals surface area contributed by atoms with Crippen LogP contribution in [-0.2, 0) is 0 Å². The van der Waals surface area contributed by atoms with Gasteiger partial charge in [0.05, 0.1) is 55.0 Å². The molecule has 0 radical (unpaired) electrons. The van der Waals surface area contributed by atoms with E-state index in [1.54, 1.807) is 11.3 Å². The summed E-state index contributed by atoms with van der Waals surface area (Å²) in [4.78, 5) is 4.72. The molecule has 0 saturated carbocycles. The number of rotatable bonds is 7. The lowest BCUT2D eigenvalue weighted by atomic mass is 9.87. The summed E-state index contributed by atoms with van der Waals surface area (Å²) >= 11 is 3.61. The van der Waals surface area contributed by atoms with Gasteiger partial charge < -0.3 is 9.13 Å². The lowest BCUT2D eigenvalue weighted by molar-refractivity contribution is 1.14. The number of para-hydroxylation sites is 2. The van der Waals surface area contributed by atoms with Gasteiger partial charge in [-0.05, 0) is 87.0 Å². The molecule has 0 aliphatic rings. The Morgan fingerprint density at radius 3 is 1.45 bits per heavy atom. The highest BCUT2D eigenvalue weighted by molar-refractivity contribution is 7.27. The Labute approximate surface area is 468 Å². The van der Waals surface area contributed by atoms with Gasteiger partial charge in [0.1, 0.15) is 6.07 Å². The quantitative estimate of drug-likeness (QED) is 0.147. The van der Waals surface area contributed by atoms with Crippen molar-refractivity contribution in [3.63, 3.8) is 0 Å². The van der Waals surface area contributed by atoms with E-state index in [1.165, 1.54) is 25.6 Å². The van der Waals surface area contributed by atoms with E-state index in [0.29, 0.717) is 22.5 Å². The molecule has 4 heterocycles. The number of thiophene rings is 2. The molecule has 0 amide bonds. The van der Waals surface area contributed by atoms with E-state index < -0.39 is 0 Å². The molecule has 4 aromatic heterocycles. The third-order valence-corrected chi connectivity index (χ3v) is 18.5. The van der Waals surface area contributed by atoms with Crippen LogP contribution in [-0.4, -0.2) is 9.13 Å². The SMILES string of the molecule is [C-]#[N+]c1c(-c2cccc(-c3ccccc3)c2)c(C#N)c(-n2c3c(ccc4c5ccccc5sc43)c3cc(-c4ccccc4)c4c5ccccc5sc4c32)c(-c2cccc(-c3ccccc3)c2)c1-n1c2ccccc2c2ccccc21. The van der Waals surface area contributed by atoms with E-state index in [2.05, 4.69) is 258 Å². The van der Waals surface area contributed by atoms with Crippen LogP contribution in [0, 0.1) is 17.9 Å². The van der Waals surface area contributed by atoms with Crippen LogP contribution in [0.25, 0.3) is 156 Å². The molecule has 0 unspecified atom stereocenters. The highest BCUT2D eigenvalue weighted by atomic mass is 32.1. The van der Waals surface area contributed by atoms with E-state index in [9.17, 15) is 11.8 Å². The van der Waals surface area contributed by atoms with Crippen LogP contribution in [0.1, 0.15) is 5.56 Å². The van der Waals surface area contributed by atoms with Crippen LogP contribution in [0.2, 0.25) is 0 Å². The minimum Gasteiger partial charge on any atom is -0.318 e. The van der Waals surface area contributed by atoms with Gasteiger partial charge in [0.25, 0.3) is 0 Å². The van der Waals surface area contributed by atoms with Crippen molar-refractivity contribution in [2.24, 2.45) is 0 Å². The molecule has 16 aromatic rings. The summed E-state index contributed by atoms with van der Waals surface area (Å²) in [5, 5.41) is 21.7. The molecule has 0 aliphatic carbocycles. The zero-order valence-electron chi connectivity index (χ0n) is 42.9. The summed E-state index contributed by atoms with van der Waals surface area (Å²) in [5.74, 6) is 0. The molecule has 0 atom stereocenters. The molecule has 0 bridgehead atoms. The van der Waals surface area contributed by atoms with Crippen molar-refractivity contribution in [3.8, 4) is 73.1 Å². The Bertz CT molecular complexity index is 5260. The number of aromatic nitrogens is 2. The second-order valence-electron chi connectivity index (χ2n) is 20.4. The molecule has 6 heteroatoms. The van der Waals surface area contributed by atoms with Gasteiger partial charge >= 0.3 is 0 Å². The standard InChI is InChI=1S/C74H42N4S2/c1-76-68-65(50-29-19-27-48(41-50)45-21-5-2-6-22-45)60(44-75)69(66(51-30-20-28-49(42-51)46-23-7-3-8-24-46)72(68)77-61-35-15-11-31-52(61)53-32-12-16-36-62(53)77)78-70-55(39-40-56-54-33-13-17-37-63(54)79-73(56)70)59-43-58(47-25-9-4-10-26-47)67-57-34-14-18-38-64(57)80-74(67)71(59)78/h2-43H. The average Bonchev–Trinajstić information content (AvgIpc) is 4.47. The number of hydrogen-bond acceptors (Lipinski definition) is 3. The van der Waals surface area contributed by atoms with Gasteiger partial charge in [-0.2, -0.15) is 5.26 Å². The maximum atomic E-state index is 12.7. The van der Waals surface area contributed by atoms with Crippen molar-refractivity contribution < 1.29 is 0 Å². The van der Waals surface area contributed by atoms with Gasteiger partial charge in [0.15, 0.2) is 0 Å². The summed E-state index contributed by atoms with van der Waals surface area (Å²) in [6, 6.07) is 93.4. The van der Waals surface area contributed by atoms with Crippen molar-refractivity contribution in [3.05, 3.63) is 272 Å². The molecule has 370 valence electrons. The van der Waals surface area contributed by atoms with Crippen molar-refractivity contribution in [2.45, 2.75) is 0 Å². The topological polar surface area (TPSA) is 38.0 Å². The molecule has 12 aromatic carbocycles. The predicted molar refractivity (Wildman–Crippen MR) is 339 cm³/mol. The largest absolute Gasteiger partial charge is 0.318 e. The zero-order chi connectivity index (χ0) is 53.0. The third kappa shape index (κ3) is 6.77. The van der Waals surface area contributed by atoms with E-state index in [-0.39, 0.29) is 0 Å². The lowest BCUT2D eigenvalue weighted by Crippen LogP contribution is -2.09. The second-order valence-corrected chi connectivity index (χ2v) is 22.5. The van der Waals surface area contributed by atoms with Gasteiger partial charge in [0.2, 0.25) is 5.69 Å². The van der Waals surface area contributed by atoms with Gasteiger partial charge in [0, 0.05) is 63.6 Å². The summed E-state index contributed by atoms with van der Waals surface area (Å²) in [6.45, 7) is 9.67. The minimum atomic E-state index is 0.397. The van der Waals surface area contributed by atoms with E-state index >= 15 is 0 Å². The van der Waals surface area contributed by atoms with Gasteiger partial charge in [-0.3, -0.25) is 0 Å². The van der Waals surface area contributed by atoms with E-state index in [4.69, 9.17) is 4.85 Å². The first kappa shape index (κ1) is 45.8. The molecular weight excluding hydrogens is 1010 g/mol. The number of nitriles is 1. The Morgan fingerprint density at radius 1 is 0.362 bits per heavy atom. The maximum Gasteiger partial charge on any atom is 0.220 e. The van der Waals surface area contributed by atoms with Gasteiger partial charge in [-0.25, -0.2) is 4.85 Å². The Balaban J connectivity index is 1.21. The molecule has 80 heavy (non-hydrogen) atoms. The minimum absolute atomic E-state index is 0.397. The van der Waals surface area contributed by atoms with Crippen LogP contribution < -0.4 is 0 Å². The Morgan fingerprint density at radius 2 is 0.838 bits per heavy atom. The lowest BCUT2D eigenvalue weighted by Gasteiger charge is -2.26. The zero-order valence-corrected chi connectivity index (χ0v) is 44.5. The Hall–Kier alpha value is -10.3. The first-order valence-corrected chi connectivity index (χ1v) is 28.4. The highest BCUT2D eigenvalue weighted by Crippen LogP contribution is 2.56. The van der Waals surface area contributed by atoms with Crippen LogP contribution in [0.5, 0.6) is 0 Å². The van der Waals surface area contributed by atoms with Crippen molar-refractivity contribution in [1.82, 2.24) is 9.13 Å². The van der Waals surface area contributed by atoms with Crippen LogP contribution in [0.4, 0.5) is 5.69 Å². The summed E-state index contributed by atoms with van der Waals surface area (Å²) < 4.78 is 9.43. The normalized spacial score (nSPS) is 11.7.